The first-order valence-electron chi connectivity index (χ1n) is 34.9. The van der Waals surface area contributed by atoms with Gasteiger partial charge in [-0.3, -0.25) is 9.69 Å². The van der Waals surface area contributed by atoms with Gasteiger partial charge in [0.2, 0.25) is 6.29 Å². The largest absolute Gasteiger partial charge is 0.451 e. The van der Waals surface area contributed by atoms with Crippen molar-refractivity contribution in [2.24, 2.45) is 29.6 Å². The van der Waals surface area contributed by atoms with Gasteiger partial charge in [0, 0.05) is 97.2 Å². The Bertz CT molecular complexity index is 1750. The minimum Gasteiger partial charge on any atom is -0.451 e. The van der Waals surface area contributed by atoms with E-state index in [2.05, 4.69) is 163 Å². The fraction of sp³-hybridized carbons (Fsp3) is 0.942. The Morgan fingerprint density at radius 2 is 1.11 bits per heavy atom. The highest BCUT2D eigenvalue weighted by Gasteiger charge is 2.29. The number of nitrogens with zero attached hydrogens (tertiary/aromatic N) is 2. The number of ether oxygens (including phenoxy) is 7. The average Bonchev–Trinajstić information content (AvgIpc) is 2.38. The molecule has 13 nitrogen and oxygen atoms in total. The molecular weight excluding hydrogens is 1350 g/mol. The Morgan fingerprint density at radius 1 is 0.500 bits per heavy atom. The Labute approximate surface area is 603 Å². The molecule has 0 N–H and O–H groups in total. The van der Waals surface area contributed by atoms with E-state index in [1.807, 2.05) is 49.1 Å². The van der Waals surface area contributed by atoms with E-state index in [4.69, 9.17) is 28.4 Å². The molecule has 546 valence electrons. The Balaban J connectivity index is 0.000000496. The second-order valence-electron chi connectivity index (χ2n) is 26.2. The van der Waals surface area contributed by atoms with Crippen LogP contribution in [-0.4, -0.2) is 222 Å². The lowest BCUT2D eigenvalue weighted by molar-refractivity contribution is -0.143. The quantitative estimate of drug-likeness (QED) is 0.212. The topological polar surface area (TPSA) is 139 Å². The third kappa shape index (κ3) is 50.6. The van der Waals surface area contributed by atoms with Crippen LogP contribution in [0.2, 0.25) is 0 Å². The van der Waals surface area contributed by atoms with Crippen LogP contribution in [0, 0.1) is 29.6 Å². The molecule has 14 saturated heterocycles. The van der Waals surface area contributed by atoms with Gasteiger partial charge in [-0.2, -0.15) is 47.0 Å². The normalized spacial score (nSPS) is 31.7. The highest BCUT2D eigenvalue weighted by Crippen LogP contribution is 2.31. The maximum atomic E-state index is 10.8. The first-order chi connectivity index (χ1) is 43.7. The SMILES string of the molecule is C=C1SCCN1C.CC1CCCCS1.CC1CCCO1.CC1CCCS1.CC1CCCS1(=O)=O.CC1CCOC1.CC1CCOCC1.CC1CCSC1.CC1COC1.CC1CSC1.CC1OC(=O)C(C)O1.CC1OC(=O)C(C)S1.CC1SCCN1C.CC1SCCS1. The summed E-state index contributed by atoms with van der Waals surface area (Å²) in [6.45, 7) is 44.6. The summed E-state index contributed by atoms with van der Waals surface area (Å²) in [6.07, 6.45) is 16.6. The summed E-state index contributed by atoms with van der Waals surface area (Å²) in [5, 5.41) is 3.87. The lowest BCUT2D eigenvalue weighted by Crippen LogP contribution is -2.23. The zero-order valence-corrected chi connectivity index (χ0v) is 68.8. The number of hydrogen-bond acceptors (Lipinski definition) is 22. The second-order valence-corrected chi connectivity index (χ2v) is 41.4. The third-order valence-corrected chi connectivity index (χ3v) is 30.3. The number of thioether (sulfide) groups is 9. The number of cyclic esters (lactones) is 2. The Hall–Kier alpha value is 1.34. The van der Waals surface area contributed by atoms with Gasteiger partial charge in [0.15, 0.2) is 15.9 Å². The summed E-state index contributed by atoms with van der Waals surface area (Å²) in [5.74, 6) is 18.4. The monoisotopic (exact) mass is 1490 g/mol. The summed E-state index contributed by atoms with van der Waals surface area (Å²) in [5.41, 5.74) is 0.0671. The molecule has 0 aliphatic carbocycles. The molecule has 0 bridgehead atoms. The first kappa shape index (κ1) is 91.4. The van der Waals surface area contributed by atoms with Gasteiger partial charge in [-0.25, -0.2) is 13.2 Å². The van der Waals surface area contributed by atoms with Crippen LogP contribution >= 0.6 is 106 Å². The predicted molar refractivity (Wildman–Crippen MR) is 417 cm³/mol. The van der Waals surface area contributed by atoms with Gasteiger partial charge in [0.05, 0.1) is 40.7 Å². The van der Waals surface area contributed by atoms with Gasteiger partial charge < -0.3 is 38.1 Å². The first-order valence-corrected chi connectivity index (χ1v) is 46.1. The molecule has 14 rings (SSSR count). The number of esters is 2. The summed E-state index contributed by atoms with van der Waals surface area (Å²) in [6, 6.07) is 0. The molecule has 11 atom stereocenters. The lowest BCUT2D eigenvalue weighted by atomic mass is 10.0. The lowest BCUT2D eigenvalue weighted by Gasteiger charge is -2.20. The van der Waals surface area contributed by atoms with E-state index in [0.717, 1.165) is 109 Å². The van der Waals surface area contributed by atoms with Gasteiger partial charge in [-0.15, -0.1) is 58.8 Å². The Morgan fingerprint density at radius 3 is 1.26 bits per heavy atom. The van der Waals surface area contributed by atoms with Crippen molar-refractivity contribution in [1.29, 1.82) is 0 Å². The molecule has 0 radical (unpaired) electrons. The molecule has 92 heavy (non-hydrogen) atoms. The van der Waals surface area contributed by atoms with E-state index in [1.165, 1.54) is 146 Å². The van der Waals surface area contributed by atoms with E-state index >= 15 is 0 Å². The molecule has 0 amide bonds. The molecule has 11 unspecified atom stereocenters. The van der Waals surface area contributed by atoms with Crippen LogP contribution in [0.4, 0.5) is 0 Å². The van der Waals surface area contributed by atoms with Gasteiger partial charge in [0.1, 0.15) is 10.7 Å². The number of hydrogen-bond donors (Lipinski definition) is 0. The van der Waals surface area contributed by atoms with Crippen molar-refractivity contribution < 1.29 is 51.2 Å². The number of carbonyl (C=O) groups excluding carboxylic acids is 2. The van der Waals surface area contributed by atoms with E-state index in [1.54, 1.807) is 32.5 Å². The van der Waals surface area contributed by atoms with E-state index < -0.39 is 9.84 Å². The van der Waals surface area contributed by atoms with Crippen molar-refractivity contribution in [3.63, 3.8) is 0 Å². The molecular formula is C69H134N2O11S10. The van der Waals surface area contributed by atoms with Crippen LogP contribution in [0.15, 0.2) is 11.6 Å². The number of carbonyl (C=O) groups is 2. The molecule has 14 aliphatic rings. The average molecular weight is 1490 g/mol. The second kappa shape index (κ2) is 56.9. The molecule has 14 aliphatic heterocycles. The summed E-state index contributed by atoms with van der Waals surface area (Å²) in [4.78, 5) is 25.5. The third-order valence-electron chi connectivity index (χ3n) is 16.2. The van der Waals surface area contributed by atoms with E-state index in [9.17, 15) is 18.0 Å². The zero-order valence-electron chi connectivity index (χ0n) is 60.7. The zero-order chi connectivity index (χ0) is 68.7. The highest BCUT2D eigenvalue weighted by atomic mass is 32.2. The maximum Gasteiger partial charge on any atom is 0.337 e. The van der Waals surface area contributed by atoms with Gasteiger partial charge in [-0.1, -0.05) is 61.5 Å². The van der Waals surface area contributed by atoms with Crippen LogP contribution in [0.5, 0.6) is 0 Å². The molecule has 0 aromatic carbocycles. The molecule has 0 spiro atoms. The highest BCUT2D eigenvalue weighted by molar-refractivity contribution is 8.20. The van der Waals surface area contributed by atoms with Crippen LogP contribution in [0.3, 0.4) is 0 Å². The summed E-state index contributed by atoms with van der Waals surface area (Å²) < 4.78 is 56.9. The molecule has 0 aromatic rings. The van der Waals surface area contributed by atoms with Crippen molar-refractivity contribution in [2.45, 2.75) is 242 Å². The fourth-order valence-electron chi connectivity index (χ4n) is 9.11. The number of sulfone groups is 1. The molecule has 0 saturated carbocycles. The Kier molecular flexibility index (Phi) is 56.5. The number of rotatable bonds is 0. The van der Waals surface area contributed by atoms with Crippen molar-refractivity contribution >= 4 is 128 Å². The fourth-order valence-corrected chi connectivity index (χ4v) is 20.1. The minimum absolute atomic E-state index is 0.0463. The van der Waals surface area contributed by atoms with Gasteiger partial charge >= 0.3 is 11.9 Å². The molecule has 23 heteroatoms. The van der Waals surface area contributed by atoms with E-state index in [0.29, 0.717) is 11.9 Å². The van der Waals surface area contributed by atoms with E-state index in [-0.39, 0.29) is 40.3 Å². The summed E-state index contributed by atoms with van der Waals surface area (Å²) >= 11 is 17.9. The smallest absolute Gasteiger partial charge is 0.337 e. The van der Waals surface area contributed by atoms with Gasteiger partial charge in [-0.05, 0) is 198 Å². The maximum absolute atomic E-state index is 10.8. The van der Waals surface area contributed by atoms with Crippen LogP contribution in [0.25, 0.3) is 0 Å². The summed E-state index contributed by atoms with van der Waals surface area (Å²) in [7, 11) is 1.62. The predicted octanol–water partition coefficient (Wildman–Crippen LogP) is 17.5. The van der Waals surface area contributed by atoms with Gasteiger partial charge in [0.25, 0.3) is 0 Å². The van der Waals surface area contributed by atoms with Crippen LogP contribution in [0.1, 0.15) is 187 Å². The van der Waals surface area contributed by atoms with Crippen molar-refractivity contribution in [3.8, 4) is 0 Å². The van der Waals surface area contributed by atoms with Crippen LogP contribution in [-0.2, 0) is 52.6 Å². The molecule has 0 aromatic heterocycles. The molecule has 14 fully saturated rings. The van der Waals surface area contributed by atoms with Crippen molar-refractivity contribution in [3.05, 3.63) is 11.6 Å². The standard InChI is InChI=1S/C6H12O.C6H12S.C5H11NS.C5H9NS.C5H8O3.C5H10O2S.C5H8O2S.2C5H10O.2C5H10S.C4H8O.C4H8S2.C4H8S/c1-6-2-4-7-5-3-6;1-6-4-2-3-5-7-6;2*1-5-6(2)3-4-7-5;1-3-5(6)8-4(2)7-3;1-5-3-2-4-8(5,6)7;1-3-5(6)7-4(2)8-3;1-5-2-3-6-4-5;1-5-3-2-4-6-5;1-5-2-3-6-4-5;1-5-3-2-4-6-5;1-4-2-5-3-4;1-4-5-2-3-6-4;1-4-2-5-3-4/h2*6H,2-5H2,1H3;5H,3-4H2,1-2H3;1,3-4H2,2H3;3-4H,1-2H3;5H,2-4H2,1H3;3-4H,1-2H3;4*5H,2-4H2,1H3;4H,2-3H2,1H3;4H,2-3H2,1H3;4H,2-3H2,1H3. The van der Waals surface area contributed by atoms with Crippen molar-refractivity contribution in [1.82, 2.24) is 9.80 Å². The minimum atomic E-state index is -2.62. The molecule has 14 heterocycles. The van der Waals surface area contributed by atoms with Crippen molar-refractivity contribution in [2.75, 3.05) is 137 Å². The van der Waals surface area contributed by atoms with Crippen LogP contribution < -0.4 is 0 Å².